The Bertz CT molecular complexity index is 956. The summed E-state index contributed by atoms with van der Waals surface area (Å²) in [6.45, 7) is 0. The first kappa shape index (κ1) is 19.8. The highest BCUT2D eigenvalue weighted by molar-refractivity contribution is 8.26. The van der Waals surface area contributed by atoms with Crippen molar-refractivity contribution in [2.24, 2.45) is 0 Å². The lowest BCUT2D eigenvalue weighted by atomic mass is 10.1. The summed E-state index contributed by atoms with van der Waals surface area (Å²) in [5, 5.41) is 1.08. The van der Waals surface area contributed by atoms with Crippen molar-refractivity contribution in [3.8, 4) is 0 Å². The number of benzene rings is 2. The fraction of sp³-hybridized carbons (Fsp3) is 0.100. The second-order valence-corrected chi connectivity index (χ2v) is 7.50. The highest BCUT2D eigenvalue weighted by Gasteiger charge is 2.33. The minimum atomic E-state index is -0.431. The molecule has 1 heterocycles. The molecule has 1 N–H and O–H groups in total. The molecule has 1 saturated heterocycles. The Labute approximate surface area is 171 Å². The van der Waals surface area contributed by atoms with Crippen molar-refractivity contribution in [1.29, 1.82) is 0 Å². The summed E-state index contributed by atoms with van der Waals surface area (Å²) in [6, 6.07) is 15.8. The smallest absolute Gasteiger partial charge is 0.337 e. The maximum Gasteiger partial charge on any atom is 0.337 e. The van der Waals surface area contributed by atoms with Crippen LogP contribution in [0.1, 0.15) is 21.5 Å². The van der Waals surface area contributed by atoms with Gasteiger partial charge in [-0.3, -0.25) is 15.0 Å². The number of thiocarbonyl (C=S) groups is 1. The van der Waals surface area contributed by atoms with E-state index in [1.165, 1.54) is 7.11 Å². The summed E-state index contributed by atoms with van der Waals surface area (Å²) in [5.41, 5.74) is 4.54. The van der Waals surface area contributed by atoms with Crippen molar-refractivity contribution < 1.29 is 19.1 Å². The first-order chi connectivity index (χ1) is 13.5. The molecule has 0 bridgehead atoms. The summed E-state index contributed by atoms with van der Waals surface area (Å²) >= 11 is 6.32. The number of nitrogens with one attached hydrogen (secondary N) is 1. The standard InChI is InChI=1S/C20H16N2O4S2/c1-26-19(25)15-9-7-14(8-10-15)11-16-18(24)22(20(27)28-16)21-17(23)12-13-5-3-2-4-6-13/h2-11H,12H2,1H3,(H,21,23). The zero-order chi connectivity index (χ0) is 20.1. The summed E-state index contributed by atoms with van der Waals surface area (Å²) < 4.78 is 4.91. The molecule has 0 unspecified atom stereocenters. The monoisotopic (exact) mass is 412 g/mol. The predicted molar refractivity (Wildman–Crippen MR) is 111 cm³/mol. The number of esters is 1. The van der Waals surface area contributed by atoms with Crippen LogP contribution in [0, 0.1) is 0 Å². The van der Waals surface area contributed by atoms with Gasteiger partial charge in [0.15, 0.2) is 4.32 Å². The van der Waals surface area contributed by atoms with Crippen molar-refractivity contribution in [1.82, 2.24) is 10.4 Å². The Balaban J connectivity index is 1.68. The van der Waals surface area contributed by atoms with Gasteiger partial charge in [0.2, 0.25) is 5.91 Å². The normalized spacial score (nSPS) is 15.0. The molecule has 1 fully saturated rings. The van der Waals surface area contributed by atoms with E-state index in [-0.39, 0.29) is 16.6 Å². The number of methoxy groups -OCH3 is 1. The van der Waals surface area contributed by atoms with Crippen LogP contribution in [0.2, 0.25) is 0 Å². The van der Waals surface area contributed by atoms with Crippen molar-refractivity contribution in [2.45, 2.75) is 6.42 Å². The largest absolute Gasteiger partial charge is 0.465 e. The van der Waals surface area contributed by atoms with Gasteiger partial charge in [0.25, 0.3) is 5.91 Å². The second kappa shape index (κ2) is 8.81. The Morgan fingerprint density at radius 2 is 1.82 bits per heavy atom. The summed E-state index contributed by atoms with van der Waals surface area (Å²) in [6.07, 6.45) is 1.80. The van der Waals surface area contributed by atoms with Crippen LogP contribution in [-0.4, -0.2) is 34.2 Å². The van der Waals surface area contributed by atoms with E-state index in [2.05, 4.69) is 10.2 Å². The maximum atomic E-state index is 12.6. The van der Waals surface area contributed by atoms with Gasteiger partial charge < -0.3 is 4.74 Å². The van der Waals surface area contributed by atoms with Gasteiger partial charge in [-0.1, -0.05) is 54.2 Å². The van der Waals surface area contributed by atoms with E-state index in [9.17, 15) is 14.4 Å². The third-order valence-electron chi connectivity index (χ3n) is 3.87. The Morgan fingerprint density at radius 1 is 1.14 bits per heavy atom. The highest BCUT2D eigenvalue weighted by atomic mass is 32.2. The molecule has 0 atom stereocenters. The molecule has 0 saturated carbocycles. The van der Waals surface area contributed by atoms with E-state index in [1.807, 2.05) is 30.3 Å². The van der Waals surface area contributed by atoms with Crippen LogP contribution < -0.4 is 5.43 Å². The van der Waals surface area contributed by atoms with Gasteiger partial charge in [-0.15, -0.1) is 0 Å². The van der Waals surface area contributed by atoms with Crippen LogP contribution in [-0.2, 0) is 20.7 Å². The number of hydrogen-bond acceptors (Lipinski definition) is 6. The summed E-state index contributed by atoms with van der Waals surface area (Å²) in [4.78, 5) is 36.7. The minimum Gasteiger partial charge on any atom is -0.465 e. The molecule has 2 amide bonds. The van der Waals surface area contributed by atoms with E-state index < -0.39 is 11.9 Å². The fourth-order valence-electron chi connectivity index (χ4n) is 2.49. The molecular formula is C20H16N2O4S2. The Morgan fingerprint density at radius 3 is 2.46 bits per heavy atom. The Hall–Kier alpha value is -2.97. The second-order valence-electron chi connectivity index (χ2n) is 5.83. The third-order valence-corrected chi connectivity index (χ3v) is 5.17. The molecule has 2 aromatic rings. The molecule has 0 radical (unpaired) electrons. The lowest BCUT2D eigenvalue weighted by Crippen LogP contribution is -2.45. The predicted octanol–water partition coefficient (Wildman–Crippen LogP) is 2.95. The van der Waals surface area contributed by atoms with Crippen molar-refractivity contribution in [3.63, 3.8) is 0 Å². The van der Waals surface area contributed by atoms with Gasteiger partial charge in [0.1, 0.15) is 0 Å². The SMILES string of the molecule is COC(=O)c1ccc(C=C2SC(=S)N(NC(=O)Cc3ccccc3)C2=O)cc1. The summed E-state index contributed by atoms with van der Waals surface area (Å²) in [7, 11) is 1.31. The van der Waals surface area contributed by atoms with Gasteiger partial charge in [0.05, 0.1) is 24.0 Å². The molecule has 1 aliphatic heterocycles. The number of carbonyl (C=O) groups is 3. The quantitative estimate of drug-likeness (QED) is 0.462. The van der Waals surface area contributed by atoms with E-state index in [0.717, 1.165) is 27.9 Å². The lowest BCUT2D eigenvalue weighted by Gasteiger charge is -2.15. The van der Waals surface area contributed by atoms with Crippen LogP contribution >= 0.6 is 24.0 Å². The lowest BCUT2D eigenvalue weighted by molar-refractivity contribution is -0.132. The van der Waals surface area contributed by atoms with Crippen molar-refractivity contribution in [2.75, 3.05) is 7.11 Å². The molecule has 2 aromatic carbocycles. The maximum absolute atomic E-state index is 12.6. The summed E-state index contributed by atoms with van der Waals surface area (Å²) in [5.74, 6) is -1.15. The number of rotatable bonds is 5. The van der Waals surface area contributed by atoms with E-state index in [1.54, 1.807) is 30.3 Å². The van der Waals surface area contributed by atoms with Gasteiger partial charge in [-0.05, 0) is 41.6 Å². The molecule has 0 aliphatic carbocycles. The molecule has 8 heteroatoms. The van der Waals surface area contributed by atoms with Crippen LogP contribution in [0.4, 0.5) is 0 Å². The van der Waals surface area contributed by atoms with Gasteiger partial charge in [-0.25, -0.2) is 4.79 Å². The first-order valence-electron chi connectivity index (χ1n) is 8.27. The van der Waals surface area contributed by atoms with Gasteiger partial charge in [-0.2, -0.15) is 5.01 Å². The molecule has 142 valence electrons. The number of ether oxygens (including phenoxy) is 1. The van der Waals surface area contributed by atoms with Gasteiger partial charge >= 0.3 is 5.97 Å². The number of nitrogens with zero attached hydrogens (tertiary/aromatic N) is 1. The average molecular weight is 412 g/mol. The van der Waals surface area contributed by atoms with E-state index in [4.69, 9.17) is 12.2 Å². The first-order valence-corrected chi connectivity index (χ1v) is 9.50. The van der Waals surface area contributed by atoms with Crippen LogP contribution in [0.3, 0.4) is 0 Å². The number of amides is 2. The van der Waals surface area contributed by atoms with E-state index in [0.29, 0.717) is 10.5 Å². The molecular weight excluding hydrogens is 396 g/mol. The molecule has 6 nitrogen and oxygen atoms in total. The van der Waals surface area contributed by atoms with Crippen molar-refractivity contribution in [3.05, 3.63) is 76.2 Å². The molecule has 0 spiro atoms. The topological polar surface area (TPSA) is 75.7 Å². The zero-order valence-electron chi connectivity index (χ0n) is 14.9. The third kappa shape index (κ3) is 4.65. The molecule has 28 heavy (non-hydrogen) atoms. The van der Waals surface area contributed by atoms with E-state index >= 15 is 0 Å². The average Bonchev–Trinajstić information content (AvgIpc) is 2.96. The van der Waals surface area contributed by atoms with Crippen LogP contribution in [0.5, 0.6) is 0 Å². The minimum absolute atomic E-state index is 0.145. The fourth-order valence-corrected chi connectivity index (χ4v) is 3.67. The van der Waals surface area contributed by atoms with Gasteiger partial charge in [0, 0.05) is 0 Å². The number of hydrogen-bond donors (Lipinski definition) is 1. The number of hydrazine groups is 1. The molecule has 1 aliphatic rings. The van der Waals surface area contributed by atoms with Crippen LogP contribution in [0.15, 0.2) is 59.5 Å². The van der Waals surface area contributed by atoms with Crippen LogP contribution in [0.25, 0.3) is 6.08 Å². The van der Waals surface area contributed by atoms with Crippen molar-refractivity contribution >= 4 is 52.2 Å². The zero-order valence-corrected chi connectivity index (χ0v) is 16.5. The molecule has 3 rings (SSSR count). The Kier molecular flexibility index (Phi) is 6.23. The molecule has 0 aromatic heterocycles. The number of thioether (sulfide) groups is 1. The number of carbonyl (C=O) groups excluding carboxylic acids is 3. The highest BCUT2D eigenvalue weighted by Crippen LogP contribution is 2.31.